The van der Waals surface area contributed by atoms with Gasteiger partial charge in [-0.25, -0.2) is 0 Å². The van der Waals surface area contributed by atoms with E-state index >= 15 is 0 Å². The van der Waals surface area contributed by atoms with Crippen LogP contribution in [0.5, 0.6) is 0 Å². The lowest BCUT2D eigenvalue weighted by Gasteiger charge is -2.26. The lowest BCUT2D eigenvalue weighted by Crippen LogP contribution is -2.41. The molecule has 76 valence electrons. The first-order chi connectivity index (χ1) is 5.86. The van der Waals surface area contributed by atoms with Crippen molar-refractivity contribution < 1.29 is 9.59 Å². The van der Waals surface area contributed by atoms with Crippen LogP contribution in [0.2, 0.25) is 0 Å². The van der Waals surface area contributed by atoms with E-state index in [0.717, 1.165) is 6.42 Å². The summed E-state index contributed by atoms with van der Waals surface area (Å²) >= 11 is 0. The molecule has 0 heterocycles. The Balaban J connectivity index is 4.52. The first kappa shape index (κ1) is 12.1. The summed E-state index contributed by atoms with van der Waals surface area (Å²) in [7, 11) is 1.55. The van der Waals surface area contributed by atoms with Crippen molar-refractivity contribution >= 4 is 11.8 Å². The standard InChI is InChI=1S/C10H19NO2/c1-6-8(12)11(5)9(13)10(3,4)7-2/h6-7H2,1-5H3. The number of hydrogen-bond donors (Lipinski definition) is 0. The Morgan fingerprint density at radius 1 is 1.23 bits per heavy atom. The molecule has 0 saturated carbocycles. The van der Waals surface area contributed by atoms with E-state index in [0.29, 0.717) is 6.42 Å². The molecule has 0 fully saturated rings. The molecule has 3 nitrogen and oxygen atoms in total. The number of nitrogens with zero attached hydrogens (tertiary/aromatic N) is 1. The van der Waals surface area contributed by atoms with Crippen LogP contribution in [0.25, 0.3) is 0 Å². The van der Waals surface area contributed by atoms with E-state index in [2.05, 4.69) is 0 Å². The molecule has 0 aromatic carbocycles. The molecular formula is C10H19NO2. The molecule has 2 amide bonds. The van der Waals surface area contributed by atoms with Gasteiger partial charge in [0.15, 0.2) is 0 Å². The fraction of sp³-hybridized carbons (Fsp3) is 0.800. The predicted octanol–water partition coefficient (Wildman–Crippen LogP) is 1.82. The maximum absolute atomic E-state index is 11.7. The Labute approximate surface area is 80.1 Å². The van der Waals surface area contributed by atoms with E-state index in [1.165, 1.54) is 4.90 Å². The summed E-state index contributed by atoms with van der Waals surface area (Å²) in [6.07, 6.45) is 1.12. The second kappa shape index (κ2) is 4.40. The van der Waals surface area contributed by atoms with Gasteiger partial charge in [0, 0.05) is 18.9 Å². The average Bonchev–Trinajstić information content (AvgIpc) is 2.14. The summed E-state index contributed by atoms with van der Waals surface area (Å²) in [5, 5.41) is 0. The van der Waals surface area contributed by atoms with Crippen molar-refractivity contribution in [2.75, 3.05) is 7.05 Å². The summed E-state index contributed by atoms with van der Waals surface area (Å²) in [6.45, 7) is 7.41. The van der Waals surface area contributed by atoms with E-state index in [4.69, 9.17) is 0 Å². The van der Waals surface area contributed by atoms with Crippen molar-refractivity contribution in [1.29, 1.82) is 0 Å². The van der Waals surface area contributed by atoms with E-state index in [9.17, 15) is 9.59 Å². The Kier molecular flexibility index (Phi) is 4.11. The highest BCUT2D eigenvalue weighted by Gasteiger charge is 2.30. The molecule has 3 heteroatoms. The Hall–Kier alpha value is -0.860. The third-order valence-corrected chi connectivity index (χ3v) is 2.44. The van der Waals surface area contributed by atoms with E-state index in [1.807, 2.05) is 20.8 Å². The normalized spacial score (nSPS) is 11.2. The lowest BCUT2D eigenvalue weighted by atomic mass is 9.88. The number of carbonyl (C=O) groups excluding carboxylic acids is 2. The SMILES string of the molecule is CCC(=O)N(C)C(=O)C(C)(C)CC. The Morgan fingerprint density at radius 3 is 2.00 bits per heavy atom. The number of imide groups is 1. The van der Waals surface area contributed by atoms with Crippen molar-refractivity contribution in [2.24, 2.45) is 5.41 Å². The Morgan fingerprint density at radius 2 is 1.69 bits per heavy atom. The van der Waals surface area contributed by atoms with Gasteiger partial charge in [-0.3, -0.25) is 14.5 Å². The molecule has 0 unspecified atom stereocenters. The van der Waals surface area contributed by atoms with Crippen molar-refractivity contribution in [3.05, 3.63) is 0 Å². The summed E-state index contributed by atoms with van der Waals surface area (Å²) in [6, 6.07) is 0. The van der Waals surface area contributed by atoms with Gasteiger partial charge in [-0.2, -0.15) is 0 Å². The molecule has 13 heavy (non-hydrogen) atoms. The zero-order chi connectivity index (χ0) is 10.6. The number of carbonyl (C=O) groups is 2. The van der Waals surface area contributed by atoms with Gasteiger partial charge in [0.1, 0.15) is 0 Å². The Bertz CT molecular complexity index is 209. The molecular weight excluding hydrogens is 166 g/mol. The summed E-state index contributed by atoms with van der Waals surface area (Å²) in [4.78, 5) is 24.1. The molecule has 0 aromatic heterocycles. The topological polar surface area (TPSA) is 37.4 Å². The molecule has 0 radical (unpaired) electrons. The minimum Gasteiger partial charge on any atom is -0.285 e. The first-order valence-corrected chi connectivity index (χ1v) is 4.67. The van der Waals surface area contributed by atoms with Crippen LogP contribution in [-0.2, 0) is 9.59 Å². The molecule has 0 atom stereocenters. The fourth-order valence-corrected chi connectivity index (χ4v) is 0.956. The number of hydrogen-bond acceptors (Lipinski definition) is 2. The van der Waals surface area contributed by atoms with Gasteiger partial charge in [-0.1, -0.05) is 27.7 Å². The molecule has 0 aromatic rings. The van der Waals surface area contributed by atoms with Crippen molar-refractivity contribution in [2.45, 2.75) is 40.5 Å². The maximum Gasteiger partial charge on any atom is 0.234 e. The smallest absolute Gasteiger partial charge is 0.234 e. The van der Waals surface area contributed by atoms with Crippen LogP contribution in [0.15, 0.2) is 0 Å². The predicted molar refractivity (Wildman–Crippen MR) is 52.1 cm³/mol. The lowest BCUT2D eigenvalue weighted by molar-refractivity contribution is -0.148. The van der Waals surface area contributed by atoms with E-state index in [-0.39, 0.29) is 11.8 Å². The average molecular weight is 185 g/mol. The van der Waals surface area contributed by atoms with Crippen LogP contribution in [0, 0.1) is 5.41 Å². The third kappa shape index (κ3) is 2.83. The van der Waals surface area contributed by atoms with Crippen LogP contribution < -0.4 is 0 Å². The number of amides is 2. The van der Waals surface area contributed by atoms with Crippen molar-refractivity contribution in [3.8, 4) is 0 Å². The van der Waals surface area contributed by atoms with Gasteiger partial charge >= 0.3 is 0 Å². The van der Waals surface area contributed by atoms with Gasteiger partial charge in [0.05, 0.1) is 0 Å². The zero-order valence-electron chi connectivity index (χ0n) is 9.18. The molecule has 0 aliphatic rings. The van der Waals surface area contributed by atoms with Gasteiger partial charge in [0.2, 0.25) is 11.8 Å². The van der Waals surface area contributed by atoms with Gasteiger partial charge in [0.25, 0.3) is 0 Å². The summed E-state index contributed by atoms with van der Waals surface area (Å²) in [5.74, 6) is -0.214. The first-order valence-electron chi connectivity index (χ1n) is 4.67. The summed E-state index contributed by atoms with van der Waals surface area (Å²) in [5.41, 5.74) is -0.431. The van der Waals surface area contributed by atoms with Gasteiger partial charge in [-0.05, 0) is 6.42 Å². The maximum atomic E-state index is 11.7. The molecule has 0 aliphatic carbocycles. The zero-order valence-corrected chi connectivity index (χ0v) is 9.18. The minimum absolute atomic E-state index is 0.0955. The molecule has 0 rings (SSSR count). The second-order valence-corrected chi connectivity index (χ2v) is 3.85. The highest BCUT2D eigenvalue weighted by molar-refractivity contribution is 5.97. The molecule has 0 N–H and O–H groups in total. The molecule has 0 bridgehead atoms. The monoisotopic (exact) mass is 185 g/mol. The highest BCUT2D eigenvalue weighted by atomic mass is 16.2. The van der Waals surface area contributed by atoms with Crippen LogP contribution in [-0.4, -0.2) is 23.8 Å². The highest BCUT2D eigenvalue weighted by Crippen LogP contribution is 2.22. The quantitative estimate of drug-likeness (QED) is 0.672. The summed E-state index contributed by atoms with van der Waals surface area (Å²) < 4.78 is 0. The van der Waals surface area contributed by atoms with E-state index in [1.54, 1.807) is 14.0 Å². The third-order valence-electron chi connectivity index (χ3n) is 2.44. The van der Waals surface area contributed by atoms with Crippen LogP contribution in [0.4, 0.5) is 0 Å². The van der Waals surface area contributed by atoms with Gasteiger partial charge < -0.3 is 0 Å². The largest absolute Gasteiger partial charge is 0.285 e. The van der Waals surface area contributed by atoms with Crippen molar-refractivity contribution in [1.82, 2.24) is 4.90 Å². The molecule has 0 spiro atoms. The van der Waals surface area contributed by atoms with E-state index < -0.39 is 5.41 Å². The van der Waals surface area contributed by atoms with Crippen LogP contribution in [0.1, 0.15) is 40.5 Å². The molecule has 0 aliphatic heterocycles. The fourth-order valence-electron chi connectivity index (χ4n) is 0.956. The van der Waals surface area contributed by atoms with Crippen LogP contribution >= 0.6 is 0 Å². The second-order valence-electron chi connectivity index (χ2n) is 3.85. The minimum atomic E-state index is -0.431. The molecule has 0 saturated heterocycles. The van der Waals surface area contributed by atoms with Crippen LogP contribution in [0.3, 0.4) is 0 Å². The van der Waals surface area contributed by atoms with Crippen molar-refractivity contribution in [3.63, 3.8) is 0 Å². The van der Waals surface area contributed by atoms with Gasteiger partial charge in [-0.15, -0.1) is 0 Å². The number of rotatable bonds is 3.